The minimum atomic E-state index is -0.978. The SMILES string of the molecule is C[C@H](CCCC(C)(C)O)[C@H]1CC[C@H]2[C@@H]3CC=C4C[C@@H](OC(=O)O[C@@H](CC(=O)O)C[N+](C)(C)C)CC[C@]4(C)[C@H]3CC[C@]12C. The van der Waals surface area contributed by atoms with Crippen molar-refractivity contribution in [2.75, 3.05) is 27.7 Å². The molecule has 0 aromatic carbocycles. The van der Waals surface area contributed by atoms with Crippen LogP contribution in [0, 0.1) is 40.4 Å². The highest BCUT2D eigenvalue weighted by atomic mass is 16.7. The van der Waals surface area contributed by atoms with Gasteiger partial charge in [0.15, 0.2) is 6.10 Å². The summed E-state index contributed by atoms with van der Waals surface area (Å²) in [6.07, 6.45) is 12.8. The molecule has 0 radical (unpaired) electrons. The minimum absolute atomic E-state index is 0.167. The van der Waals surface area contributed by atoms with Gasteiger partial charge in [-0.15, -0.1) is 0 Å². The Balaban J connectivity index is 1.37. The van der Waals surface area contributed by atoms with Crippen LogP contribution in [0.15, 0.2) is 11.6 Å². The molecule has 3 fully saturated rings. The molecule has 2 N–H and O–H groups in total. The predicted molar refractivity (Wildman–Crippen MR) is 165 cm³/mol. The number of carboxylic acid groups (broad SMARTS) is 1. The van der Waals surface area contributed by atoms with E-state index in [1.807, 2.05) is 35.0 Å². The highest BCUT2D eigenvalue weighted by Crippen LogP contribution is 2.67. The lowest BCUT2D eigenvalue weighted by Gasteiger charge is -2.58. The second kappa shape index (κ2) is 12.4. The maximum atomic E-state index is 12.7. The third-order valence-corrected chi connectivity index (χ3v) is 11.9. The zero-order valence-corrected chi connectivity index (χ0v) is 27.8. The number of carbonyl (C=O) groups is 2. The van der Waals surface area contributed by atoms with Crippen molar-refractivity contribution in [1.29, 1.82) is 0 Å². The first kappa shape index (κ1) is 33.3. The molecule has 0 saturated heterocycles. The van der Waals surface area contributed by atoms with Gasteiger partial charge in [0.1, 0.15) is 12.6 Å². The summed E-state index contributed by atoms with van der Waals surface area (Å²) in [6.45, 7) is 11.8. The van der Waals surface area contributed by atoms with E-state index in [4.69, 9.17) is 9.47 Å². The smallest absolute Gasteiger partial charge is 0.481 e. The van der Waals surface area contributed by atoms with Crippen LogP contribution in [0.5, 0.6) is 0 Å². The number of rotatable bonds is 11. The van der Waals surface area contributed by atoms with Crippen molar-refractivity contribution < 1.29 is 33.8 Å². The number of carbonyl (C=O) groups excluding carboxylic acids is 1. The third kappa shape index (κ3) is 7.54. The number of likely N-dealkylation sites (N-methyl/N-ethyl adjacent to an activating group) is 1. The molecule has 7 nitrogen and oxygen atoms in total. The van der Waals surface area contributed by atoms with Crippen molar-refractivity contribution in [2.45, 2.75) is 129 Å². The highest BCUT2D eigenvalue weighted by molar-refractivity contribution is 5.68. The van der Waals surface area contributed by atoms with E-state index in [-0.39, 0.29) is 17.9 Å². The summed E-state index contributed by atoms with van der Waals surface area (Å²) in [5, 5.41) is 19.5. The number of hydrogen-bond acceptors (Lipinski definition) is 5. The van der Waals surface area contributed by atoms with Crippen LogP contribution in [-0.4, -0.2) is 72.3 Å². The van der Waals surface area contributed by atoms with Gasteiger partial charge < -0.3 is 24.2 Å². The van der Waals surface area contributed by atoms with Gasteiger partial charge in [-0.3, -0.25) is 4.79 Å². The molecule has 0 amide bonds. The fraction of sp³-hybridized carbons (Fsp3) is 0.886. The number of aliphatic carboxylic acids is 1. The summed E-state index contributed by atoms with van der Waals surface area (Å²) < 4.78 is 11.8. The normalized spacial score (nSPS) is 36.1. The van der Waals surface area contributed by atoms with Crippen molar-refractivity contribution in [3.8, 4) is 0 Å². The lowest BCUT2D eigenvalue weighted by atomic mass is 9.47. The van der Waals surface area contributed by atoms with Crippen molar-refractivity contribution in [3.63, 3.8) is 0 Å². The van der Waals surface area contributed by atoms with Crippen LogP contribution in [0.4, 0.5) is 4.79 Å². The van der Waals surface area contributed by atoms with Crippen molar-refractivity contribution in [1.82, 2.24) is 0 Å². The summed E-state index contributed by atoms with van der Waals surface area (Å²) in [5.41, 5.74) is 1.47. The van der Waals surface area contributed by atoms with Crippen LogP contribution < -0.4 is 0 Å². The van der Waals surface area contributed by atoms with E-state index in [1.54, 1.807) is 0 Å². The van der Waals surface area contributed by atoms with Gasteiger partial charge in [0.05, 0.1) is 33.2 Å². The Morgan fingerprint density at radius 2 is 1.81 bits per heavy atom. The van der Waals surface area contributed by atoms with E-state index in [9.17, 15) is 19.8 Å². The number of carboxylic acids is 1. The Labute approximate surface area is 255 Å². The van der Waals surface area contributed by atoms with E-state index in [0.717, 1.165) is 56.3 Å². The lowest BCUT2D eigenvalue weighted by Crippen LogP contribution is -2.51. The molecule has 0 unspecified atom stereocenters. The van der Waals surface area contributed by atoms with Gasteiger partial charge in [-0.05, 0) is 106 Å². The van der Waals surface area contributed by atoms with E-state index < -0.39 is 23.8 Å². The molecule has 4 rings (SSSR count). The van der Waals surface area contributed by atoms with Crippen LogP contribution >= 0.6 is 0 Å². The first-order valence-electron chi connectivity index (χ1n) is 16.7. The number of allylic oxidation sites excluding steroid dienone is 1. The fourth-order valence-electron chi connectivity index (χ4n) is 10.0. The fourth-order valence-corrected chi connectivity index (χ4v) is 10.0. The molecule has 7 heteroatoms. The largest absolute Gasteiger partial charge is 0.509 e. The average Bonchev–Trinajstić information content (AvgIpc) is 3.19. The quantitative estimate of drug-likeness (QED) is 0.150. The third-order valence-electron chi connectivity index (χ3n) is 11.9. The molecule has 240 valence electrons. The molecular weight excluding hydrogens is 530 g/mol. The summed E-state index contributed by atoms with van der Waals surface area (Å²) in [6, 6.07) is 0. The first-order chi connectivity index (χ1) is 19.4. The van der Waals surface area contributed by atoms with Gasteiger partial charge >= 0.3 is 12.1 Å². The second-order valence-corrected chi connectivity index (χ2v) is 16.7. The maximum Gasteiger partial charge on any atom is 0.509 e. The topological polar surface area (TPSA) is 93.1 Å². The molecule has 0 spiro atoms. The van der Waals surface area contributed by atoms with Crippen LogP contribution in [0.25, 0.3) is 0 Å². The number of nitrogens with zero attached hydrogens (tertiary/aromatic N) is 1. The molecule has 42 heavy (non-hydrogen) atoms. The van der Waals surface area contributed by atoms with Gasteiger partial charge in [0, 0.05) is 6.42 Å². The van der Waals surface area contributed by atoms with E-state index in [2.05, 4.69) is 26.8 Å². The molecule has 0 aliphatic heterocycles. The minimum Gasteiger partial charge on any atom is -0.481 e. The molecular formula is C35H60NO6+. The Bertz CT molecular complexity index is 1010. The standard InChI is InChI=1S/C35H59NO6/c1-23(10-9-17-33(2,3)40)28-13-14-29-27-12-11-24-20-25(15-18-34(24,4)30(27)16-19-35(28,29)5)41-32(39)42-26(21-31(37)38)22-36(6,7)8/h11,23,25-30,40H,9-10,12-22H2,1-8H3/p+1/t23-,25+,26+,27+,28-,29+,30+,34+,35-/m1/s1. The number of quaternary nitrogens is 1. The van der Waals surface area contributed by atoms with Crippen molar-refractivity contribution in [2.24, 2.45) is 40.4 Å². The van der Waals surface area contributed by atoms with E-state index in [0.29, 0.717) is 28.3 Å². The number of aliphatic hydroxyl groups is 1. The molecule has 4 aliphatic carbocycles. The van der Waals surface area contributed by atoms with E-state index in [1.165, 1.54) is 37.7 Å². The zero-order valence-electron chi connectivity index (χ0n) is 27.8. The van der Waals surface area contributed by atoms with E-state index >= 15 is 0 Å². The average molecular weight is 591 g/mol. The van der Waals surface area contributed by atoms with Crippen LogP contribution in [0.3, 0.4) is 0 Å². The number of fused-ring (bicyclic) bond motifs is 5. The van der Waals surface area contributed by atoms with Crippen molar-refractivity contribution in [3.05, 3.63) is 11.6 Å². The summed E-state index contributed by atoms with van der Waals surface area (Å²) >= 11 is 0. The molecule has 4 aliphatic rings. The molecule has 9 atom stereocenters. The van der Waals surface area contributed by atoms with Gasteiger partial charge in [-0.2, -0.15) is 0 Å². The molecule has 0 bridgehead atoms. The molecule has 0 aromatic heterocycles. The Morgan fingerprint density at radius 3 is 2.45 bits per heavy atom. The second-order valence-electron chi connectivity index (χ2n) is 16.7. The maximum absolute atomic E-state index is 12.7. The first-order valence-corrected chi connectivity index (χ1v) is 16.7. The summed E-state index contributed by atoms with van der Waals surface area (Å²) in [7, 11) is 5.86. The van der Waals surface area contributed by atoms with Gasteiger partial charge in [0.2, 0.25) is 0 Å². The highest BCUT2D eigenvalue weighted by Gasteiger charge is 2.59. The Hall–Kier alpha value is -1.60. The Kier molecular flexibility index (Phi) is 9.84. The Morgan fingerprint density at radius 1 is 1.10 bits per heavy atom. The van der Waals surface area contributed by atoms with Crippen LogP contribution in [0.2, 0.25) is 0 Å². The number of ether oxygens (including phenoxy) is 2. The predicted octanol–water partition coefficient (Wildman–Crippen LogP) is 7.21. The van der Waals surface area contributed by atoms with Crippen LogP contribution in [-0.2, 0) is 14.3 Å². The molecule has 3 saturated carbocycles. The number of hydrogen-bond donors (Lipinski definition) is 2. The van der Waals surface area contributed by atoms with Gasteiger partial charge in [-0.1, -0.05) is 45.3 Å². The van der Waals surface area contributed by atoms with Crippen molar-refractivity contribution >= 4 is 12.1 Å². The monoisotopic (exact) mass is 590 g/mol. The summed E-state index contributed by atoms with van der Waals surface area (Å²) in [5.74, 6) is 2.71. The van der Waals surface area contributed by atoms with Gasteiger partial charge in [-0.25, -0.2) is 4.79 Å². The molecule has 0 aromatic rings. The zero-order chi connectivity index (χ0) is 31.1. The molecule has 0 heterocycles. The van der Waals surface area contributed by atoms with Crippen LogP contribution in [0.1, 0.15) is 112 Å². The van der Waals surface area contributed by atoms with Gasteiger partial charge in [0.25, 0.3) is 0 Å². The summed E-state index contributed by atoms with van der Waals surface area (Å²) in [4.78, 5) is 24.1. The lowest BCUT2D eigenvalue weighted by molar-refractivity contribution is -0.873.